The summed E-state index contributed by atoms with van der Waals surface area (Å²) in [5.74, 6) is 0. The van der Waals surface area contributed by atoms with Gasteiger partial charge in [-0.15, -0.1) is 0 Å². The quantitative estimate of drug-likeness (QED) is 0.721. The zero-order valence-corrected chi connectivity index (χ0v) is 17.2. The maximum absolute atomic E-state index is 12.7. The number of benzene rings is 2. The summed E-state index contributed by atoms with van der Waals surface area (Å²) in [6.07, 6.45) is 2.57. The van der Waals surface area contributed by atoms with Crippen LogP contribution in [0.2, 0.25) is 5.02 Å². The third-order valence-corrected chi connectivity index (χ3v) is 7.14. The van der Waals surface area contributed by atoms with Crippen LogP contribution in [0.4, 0.5) is 0 Å². The van der Waals surface area contributed by atoms with Crippen molar-refractivity contribution < 1.29 is 8.42 Å². The zero-order chi connectivity index (χ0) is 20.1. The van der Waals surface area contributed by atoms with Gasteiger partial charge >= 0.3 is 0 Å². The summed E-state index contributed by atoms with van der Waals surface area (Å²) < 4.78 is 26.7. The first-order chi connectivity index (χ1) is 13.4. The second kappa shape index (κ2) is 9.03. The van der Waals surface area contributed by atoms with Gasteiger partial charge in [0.05, 0.1) is 15.5 Å². The lowest BCUT2D eigenvalue weighted by molar-refractivity contribution is 0.428. The number of nitrogens with zero attached hydrogens (tertiary/aromatic N) is 2. The Kier molecular flexibility index (Phi) is 6.70. The van der Waals surface area contributed by atoms with E-state index in [1.807, 2.05) is 24.3 Å². The lowest BCUT2D eigenvalue weighted by Gasteiger charge is -2.18. The van der Waals surface area contributed by atoms with Crippen molar-refractivity contribution >= 4 is 21.6 Å². The van der Waals surface area contributed by atoms with E-state index in [-0.39, 0.29) is 21.5 Å². The third-order valence-electron chi connectivity index (χ3n) is 4.98. The van der Waals surface area contributed by atoms with Crippen molar-refractivity contribution in [2.24, 2.45) is 0 Å². The first-order valence-electron chi connectivity index (χ1n) is 9.14. The van der Waals surface area contributed by atoms with Crippen LogP contribution >= 0.6 is 11.6 Å². The van der Waals surface area contributed by atoms with Crippen molar-refractivity contribution in [2.45, 2.75) is 36.2 Å². The average Bonchev–Trinajstić information content (AvgIpc) is 3.17. The van der Waals surface area contributed by atoms with Crippen LogP contribution in [0.3, 0.4) is 0 Å². The van der Waals surface area contributed by atoms with E-state index in [1.165, 1.54) is 28.1 Å². The van der Waals surface area contributed by atoms with E-state index in [4.69, 9.17) is 16.9 Å². The standard InChI is InChI=1S/C20H23ClN4O2S/c1-25(28(26,27)18-10-9-16(14-22)19(21)13-18)11-5-8-17-12-20(24-23-17)15-6-3-2-4-7-15/h2-4,6-7,9-10,13,17,20,23-24H,5,8,11-12H2,1H3. The van der Waals surface area contributed by atoms with Crippen LogP contribution in [0.25, 0.3) is 0 Å². The number of hydrazine groups is 1. The molecule has 2 aromatic carbocycles. The van der Waals surface area contributed by atoms with E-state index in [0.717, 1.165) is 19.3 Å². The molecule has 0 spiro atoms. The molecular weight excluding hydrogens is 396 g/mol. The molecule has 2 unspecified atom stereocenters. The lowest BCUT2D eigenvalue weighted by atomic mass is 10.00. The highest BCUT2D eigenvalue weighted by atomic mass is 35.5. The fourth-order valence-corrected chi connectivity index (χ4v) is 4.85. The number of sulfonamides is 1. The summed E-state index contributed by atoms with van der Waals surface area (Å²) in [4.78, 5) is 0.101. The smallest absolute Gasteiger partial charge is 0.242 e. The summed E-state index contributed by atoms with van der Waals surface area (Å²) in [6, 6.07) is 16.9. The SMILES string of the molecule is CN(CCCC1CC(c2ccccc2)NN1)S(=O)(=O)c1ccc(C#N)c(Cl)c1. The fourth-order valence-electron chi connectivity index (χ4n) is 3.32. The Hall–Kier alpha value is -1.95. The van der Waals surface area contributed by atoms with Crippen LogP contribution in [0.1, 0.15) is 36.4 Å². The topological polar surface area (TPSA) is 85.2 Å². The van der Waals surface area contributed by atoms with Crippen molar-refractivity contribution in [3.05, 3.63) is 64.7 Å². The Morgan fingerprint density at radius 3 is 2.64 bits per heavy atom. The van der Waals surface area contributed by atoms with Gasteiger partial charge in [0.15, 0.2) is 0 Å². The Morgan fingerprint density at radius 2 is 1.96 bits per heavy atom. The molecule has 28 heavy (non-hydrogen) atoms. The van der Waals surface area contributed by atoms with Gasteiger partial charge in [0.2, 0.25) is 10.0 Å². The molecule has 6 nitrogen and oxygen atoms in total. The molecule has 8 heteroatoms. The van der Waals surface area contributed by atoms with E-state index in [2.05, 4.69) is 23.0 Å². The molecule has 3 rings (SSSR count). The third kappa shape index (κ3) is 4.72. The average molecular weight is 419 g/mol. The van der Waals surface area contributed by atoms with E-state index in [0.29, 0.717) is 12.6 Å². The molecule has 0 aromatic heterocycles. The first kappa shape index (κ1) is 20.8. The van der Waals surface area contributed by atoms with E-state index in [1.54, 1.807) is 7.05 Å². The van der Waals surface area contributed by atoms with Gasteiger partial charge in [-0.1, -0.05) is 41.9 Å². The van der Waals surface area contributed by atoms with Gasteiger partial charge in [-0.3, -0.25) is 10.9 Å². The van der Waals surface area contributed by atoms with Gasteiger partial charge in [-0.05, 0) is 43.0 Å². The number of rotatable bonds is 7. The number of nitrogens with one attached hydrogen (secondary N) is 2. The first-order valence-corrected chi connectivity index (χ1v) is 11.0. The summed E-state index contributed by atoms with van der Waals surface area (Å²) in [6.45, 7) is 0.411. The van der Waals surface area contributed by atoms with E-state index >= 15 is 0 Å². The molecule has 2 N–H and O–H groups in total. The van der Waals surface area contributed by atoms with Crippen molar-refractivity contribution in [1.29, 1.82) is 5.26 Å². The molecule has 0 radical (unpaired) electrons. The minimum atomic E-state index is -3.63. The molecule has 0 saturated carbocycles. The van der Waals surface area contributed by atoms with Gasteiger partial charge in [-0.2, -0.15) is 5.26 Å². The Bertz CT molecular complexity index is 960. The summed E-state index contributed by atoms with van der Waals surface area (Å²) in [5.41, 5.74) is 8.12. The minimum absolute atomic E-state index is 0.101. The molecule has 1 saturated heterocycles. The van der Waals surface area contributed by atoms with Crippen LogP contribution in [0.5, 0.6) is 0 Å². The van der Waals surface area contributed by atoms with Gasteiger partial charge in [0, 0.05) is 25.7 Å². The molecule has 0 aliphatic carbocycles. The molecule has 2 atom stereocenters. The molecular formula is C20H23ClN4O2S. The molecule has 0 amide bonds. The molecule has 2 aromatic rings. The Labute approximate surface area is 171 Å². The van der Waals surface area contributed by atoms with Crippen molar-refractivity contribution in [1.82, 2.24) is 15.2 Å². The van der Waals surface area contributed by atoms with Crippen LogP contribution < -0.4 is 10.9 Å². The van der Waals surface area contributed by atoms with Crippen molar-refractivity contribution in [2.75, 3.05) is 13.6 Å². The van der Waals surface area contributed by atoms with Gasteiger partial charge in [0.1, 0.15) is 6.07 Å². The van der Waals surface area contributed by atoms with Gasteiger partial charge in [-0.25, -0.2) is 12.7 Å². The predicted octanol–water partition coefficient (Wildman–Crippen LogP) is 3.22. The molecule has 1 aliphatic heterocycles. The Morgan fingerprint density at radius 1 is 1.21 bits per heavy atom. The maximum atomic E-state index is 12.7. The molecule has 1 aliphatic rings. The largest absolute Gasteiger partial charge is 0.254 e. The highest BCUT2D eigenvalue weighted by Gasteiger charge is 2.26. The van der Waals surface area contributed by atoms with Crippen molar-refractivity contribution in [3.8, 4) is 6.07 Å². The van der Waals surface area contributed by atoms with Crippen molar-refractivity contribution in [3.63, 3.8) is 0 Å². The number of hydrogen-bond donors (Lipinski definition) is 2. The summed E-state index contributed by atoms with van der Waals surface area (Å²) >= 11 is 5.97. The number of nitriles is 1. The van der Waals surface area contributed by atoms with E-state index < -0.39 is 10.0 Å². The second-order valence-corrected chi connectivity index (χ2v) is 9.36. The van der Waals surface area contributed by atoms with Crippen LogP contribution in [-0.2, 0) is 10.0 Å². The normalized spacial score (nSPS) is 19.6. The monoisotopic (exact) mass is 418 g/mol. The summed E-state index contributed by atoms with van der Waals surface area (Å²) in [7, 11) is -2.07. The lowest BCUT2D eigenvalue weighted by Crippen LogP contribution is -2.32. The fraction of sp³-hybridized carbons (Fsp3) is 0.350. The van der Waals surface area contributed by atoms with Gasteiger partial charge in [0.25, 0.3) is 0 Å². The highest BCUT2D eigenvalue weighted by molar-refractivity contribution is 7.89. The molecule has 1 heterocycles. The number of hydrogen-bond acceptors (Lipinski definition) is 5. The Balaban J connectivity index is 1.52. The minimum Gasteiger partial charge on any atom is -0.254 e. The molecule has 148 valence electrons. The maximum Gasteiger partial charge on any atom is 0.242 e. The van der Waals surface area contributed by atoms with E-state index in [9.17, 15) is 8.42 Å². The summed E-state index contributed by atoms with van der Waals surface area (Å²) in [5, 5.41) is 9.07. The van der Waals surface area contributed by atoms with Crippen LogP contribution in [0.15, 0.2) is 53.4 Å². The van der Waals surface area contributed by atoms with Gasteiger partial charge < -0.3 is 0 Å². The molecule has 0 bridgehead atoms. The zero-order valence-electron chi connectivity index (χ0n) is 15.6. The number of halogens is 1. The predicted molar refractivity (Wildman–Crippen MR) is 109 cm³/mol. The highest BCUT2D eigenvalue weighted by Crippen LogP contribution is 2.25. The molecule has 1 fully saturated rings. The second-order valence-electron chi connectivity index (χ2n) is 6.91. The van der Waals surface area contributed by atoms with Crippen LogP contribution in [0, 0.1) is 11.3 Å². The van der Waals surface area contributed by atoms with Crippen LogP contribution in [-0.4, -0.2) is 32.4 Å².